The molecule has 2 rings (SSSR count). The maximum atomic E-state index is 5.50. The summed E-state index contributed by atoms with van der Waals surface area (Å²) in [5, 5.41) is 3.46. The van der Waals surface area contributed by atoms with Crippen LogP contribution in [0.1, 0.15) is 43.9 Å². The molecule has 1 aromatic rings. The van der Waals surface area contributed by atoms with E-state index in [2.05, 4.69) is 18.3 Å². The van der Waals surface area contributed by atoms with Crippen LogP contribution >= 0.6 is 0 Å². The van der Waals surface area contributed by atoms with Crippen molar-refractivity contribution in [1.82, 2.24) is 5.32 Å². The van der Waals surface area contributed by atoms with Gasteiger partial charge in [-0.05, 0) is 25.3 Å². The van der Waals surface area contributed by atoms with Crippen LogP contribution in [0.2, 0.25) is 0 Å². The van der Waals surface area contributed by atoms with Crippen molar-refractivity contribution in [1.29, 1.82) is 0 Å². The molecule has 90 valence electrons. The molecule has 0 atom stereocenters. The van der Waals surface area contributed by atoms with E-state index in [9.17, 15) is 0 Å². The molecule has 3 heteroatoms. The first kappa shape index (κ1) is 11.7. The molecule has 1 aromatic heterocycles. The Morgan fingerprint density at radius 3 is 3.12 bits per heavy atom. The predicted molar refractivity (Wildman–Crippen MR) is 63.1 cm³/mol. The van der Waals surface area contributed by atoms with Crippen LogP contribution < -0.4 is 5.32 Å². The maximum absolute atomic E-state index is 5.50. The topological polar surface area (TPSA) is 34.4 Å². The lowest BCUT2D eigenvalue weighted by atomic mass is 10.3. The van der Waals surface area contributed by atoms with Crippen LogP contribution in [0.15, 0.2) is 16.7 Å². The summed E-state index contributed by atoms with van der Waals surface area (Å²) < 4.78 is 10.9. The van der Waals surface area contributed by atoms with Crippen molar-refractivity contribution in [2.45, 2.75) is 51.8 Å². The normalized spacial score (nSPS) is 15.6. The third-order valence-corrected chi connectivity index (χ3v) is 2.77. The molecule has 16 heavy (non-hydrogen) atoms. The first-order valence-electron chi connectivity index (χ1n) is 6.26. The van der Waals surface area contributed by atoms with Crippen molar-refractivity contribution in [3.05, 3.63) is 23.7 Å². The number of nitrogens with one attached hydrogen (secondary N) is 1. The molecule has 1 saturated carbocycles. The van der Waals surface area contributed by atoms with Crippen molar-refractivity contribution in [2.24, 2.45) is 0 Å². The zero-order chi connectivity index (χ0) is 11.2. The molecule has 1 N–H and O–H groups in total. The maximum Gasteiger partial charge on any atom is 0.129 e. The summed E-state index contributed by atoms with van der Waals surface area (Å²) in [6, 6.07) is 2.83. The highest BCUT2D eigenvalue weighted by Gasteiger charge is 2.20. The van der Waals surface area contributed by atoms with Gasteiger partial charge in [-0.15, -0.1) is 0 Å². The summed E-state index contributed by atoms with van der Waals surface area (Å²) >= 11 is 0. The fourth-order valence-electron chi connectivity index (χ4n) is 1.56. The van der Waals surface area contributed by atoms with E-state index in [0.29, 0.717) is 6.61 Å². The lowest BCUT2D eigenvalue weighted by Gasteiger charge is -1.99. The van der Waals surface area contributed by atoms with Gasteiger partial charge in [0.1, 0.15) is 12.4 Å². The van der Waals surface area contributed by atoms with E-state index < -0.39 is 0 Å². The van der Waals surface area contributed by atoms with Gasteiger partial charge in [0, 0.05) is 24.8 Å². The molecule has 0 amide bonds. The Labute approximate surface area is 97.2 Å². The minimum atomic E-state index is 0.601. The second kappa shape index (κ2) is 6.06. The number of furan rings is 1. The highest BCUT2D eigenvalue weighted by atomic mass is 16.5. The van der Waals surface area contributed by atoms with E-state index in [4.69, 9.17) is 9.15 Å². The number of hydrogen-bond donors (Lipinski definition) is 1. The summed E-state index contributed by atoms with van der Waals surface area (Å²) in [7, 11) is 0. The van der Waals surface area contributed by atoms with Crippen LogP contribution in [-0.2, 0) is 17.9 Å². The van der Waals surface area contributed by atoms with Crippen molar-refractivity contribution in [2.75, 3.05) is 6.61 Å². The van der Waals surface area contributed by atoms with Crippen LogP contribution in [0.4, 0.5) is 0 Å². The van der Waals surface area contributed by atoms with Crippen molar-refractivity contribution in [3.63, 3.8) is 0 Å². The Bertz CT molecular complexity index is 305. The van der Waals surface area contributed by atoms with Gasteiger partial charge in [0.05, 0.1) is 6.26 Å². The van der Waals surface area contributed by atoms with E-state index >= 15 is 0 Å². The fraction of sp³-hybridized carbons (Fsp3) is 0.692. The molecule has 3 nitrogen and oxygen atoms in total. The molecule has 0 aromatic carbocycles. The van der Waals surface area contributed by atoms with Gasteiger partial charge in [-0.25, -0.2) is 0 Å². The molecule has 0 aliphatic heterocycles. The van der Waals surface area contributed by atoms with Gasteiger partial charge in [0.2, 0.25) is 0 Å². The highest BCUT2D eigenvalue weighted by Crippen LogP contribution is 2.19. The van der Waals surface area contributed by atoms with Crippen molar-refractivity contribution in [3.8, 4) is 0 Å². The van der Waals surface area contributed by atoms with E-state index in [1.54, 1.807) is 0 Å². The lowest BCUT2D eigenvalue weighted by molar-refractivity contribution is 0.104. The van der Waals surface area contributed by atoms with Crippen LogP contribution in [0, 0.1) is 0 Å². The molecular weight excluding hydrogens is 202 g/mol. The number of unbranched alkanes of at least 4 members (excludes halogenated alkanes) is 1. The second-order valence-electron chi connectivity index (χ2n) is 4.48. The third-order valence-electron chi connectivity index (χ3n) is 2.77. The molecule has 0 radical (unpaired) electrons. The Balaban J connectivity index is 1.64. The molecule has 1 heterocycles. The Hall–Kier alpha value is -0.800. The molecule has 0 spiro atoms. The van der Waals surface area contributed by atoms with Crippen molar-refractivity contribution < 1.29 is 9.15 Å². The monoisotopic (exact) mass is 223 g/mol. The van der Waals surface area contributed by atoms with Gasteiger partial charge >= 0.3 is 0 Å². The van der Waals surface area contributed by atoms with Gasteiger partial charge in [0.15, 0.2) is 0 Å². The molecule has 1 fully saturated rings. The number of rotatable bonds is 8. The molecular formula is C13H21NO2. The summed E-state index contributed by atoms with van der Waals surface area (Å²) in [5.41, 5.74) is 1.22. The molecule has 0 saturated heterocycles. The Morgan fingerprint density at radius 1 is 1.50 bits per heavy atom. The SMILES string of the molecule is CCCCOCc1cc(CNC2CC2)co1. The first-order chi connectivity index (χ1) is 7.88. The number of hydrogen-bond acceptors (Lipinski definition) is 3. The standard InChI is InChI=1S/C13H21NO2/c1-2-3-6-15-10-13-7-11(9-16-13)8-14-12-4-5-12/h7,9,12,14H,2-6,8,10H2,1H3. The van der Waals surface area contributed by atoms with Crippen molar-refractivity contribution >= 4 is 0 Å². The van der Waals surface area contributed by atoms with Gasteiger partial charge in [-0.2, -0.15) is 0 Å². The Morgan fingerprint density at radius 2 is 2.38 bits per heavy atom. The Kier molecular flexibility index (Phi) is 4.43. The van der Waals surface area contributed by atoms with Gasteiger partial charge < -0.3 is 14.5 Å². The van der Waals surface area contributed by atoms with Crippen LogP contribution in [0.5, 0.6) is 0 Å². The quantitative estimate of drug-likeness (QED) is 0.688. The van der Waals surface area contributed by atoms with E-state index in [1.807, 2.05) is 6.26 Å². The zero-order valence-corrected chi connectivity index (χ0v) is 10.00. The molecule has 0 bridgehead atoms. The first-order valence-corrected chi connectivity index (χ1v) is 6.26. The summed E-state index contributed by atoms with van der Waals surface area (Å²) in [5.74, 6) is 0.934. The zero-order valence-electron chi connectivity index (χ0n) is 10.00. The average Bonchev–Trinajstić information content (AvgIpc) is 3.02. The minimum Gasteiger partial charge on any atom is -0.467 e. The summed E-state index contributed by atoms with van der Waals surface area (Å²) in [6.45, 7) is 4.51. The highest BCUT2D eigenvalue weighted by molar-refractivity contribution is 5.12. The number of ether oxygens (including phenoxy) is 1. The molecule has 1 aliphatic rings. The van der Waals surface area contributed by atoms with Crippen LogP contribution in [0.3, 0.4) is 0 Å². The van der Waals surface area contributed by atoms with Gasteiger partial charge in [-0.1, -0.05) is 13.3 Å². The summed E-state index contributed by atoms with van der Waals surface area (Å²) in [6.07, 6.45) is 6.77. The fourth-order valence-corrected chi connectivity index (χ4v) is 1.56. The molecule has 0 unspecified atom stereocenters. The minimum absolute atomic E-state index is 0.601. The molecule has 1 aliphatic carbocycles. The van der Waals surface area contributed by atoms with E-state index in [1.165, 1.54) is 24.8 Å². The average molecular weight is 223 g/mol. The van der Waals surface area contributed by atoms with Crippen LogP contribution in [0.25, 0.3) is 0 Å². The third kappa shape index (κ3) is 3.99. The van der Waals surface area contributed by atoms with Crippen LogP contribution in [-0.4, -0.2) is 12.6 Å². The lowest BCUT2D eigenvalue weighted by Crippen LogP contribution is -2.14. The van der Waals surface area contributed by atoms with Gasteiger partial charge in [-0.3, -0.25) is 0 Å². The van der Waals surface area contributed by atoms with Gasteiger partial charge in [0.25, 0.3) is 0 Å². The smallest absolute Gasteiger partial charge is 0.129 e. The largest absolute Gasteiger partial charge is 0.467 e. The van der Waals surface area contributed by atoms with E-state index in [0.717, 1.165) is 31.4 Å². The van der Waals surface area contributed by atoms with E-state index in [-0.39, 0.29) is 0 Å². The predicted octanol–water partition coefficient (Wildman–Crippen LogP) is 2.85. The second-order valence-corrected chi connectivity index (χ2v) is 4.48. The summed E-state index contributed by atoms with van der Waals surface area (Å²) in [4.78, 5) is 0.